The second-order valence-corrected chi connectivity index (χ2v) is 6.28. The predicted octanol–water partition coefficient (Wildman–Crippen LogP) is -3.67. The molecule has 3 N–H and O–H groups in total. The van der Waals surface area contributed by atoms with Gasteiger partial charge in [0, 0.05) is 0 Å². The molecule has 25 heavy (non-hydrogen) atoms. The molecule has 1 saturated heterocycles. The minimum absolute atomic E-state index is 0.202. The summed E-state index contributed by atoms with van der Waals surface area (Å²) in [6.45, 7) is 3.06. The van der Waals surface area contributed by atoms with Crippen molar-refractivity contribution in [2.75, 3.05) is 45.7 Å². The Kier molecular flexibility index (Phi) is 6.49. The van der Waals surface area contributed by atoms with E-state index in [1.807, 2.05) is 0 Å². The number of carboxylic acid groups (broad SMARTS) is 1. The van der Waals surface area contributed by atoms with Crippen LogP contribution in [0.4, 0.5) is 5.69 Å². The molecule has 0 aliphatic carbocycles. The van der Waals surface area contributed by atoms with Crippen molar-refractivity contribution in [2.45, 2.75) is 12.5 Å². The second-order valence-electron chi connectivity index (χ2n) is 6.28. The first-order valence-corrected chi connectivity index (χ1v) is 8.26. The van der Waals surface area contributed by atoms with E-state index >= 15 is 0 Å². The van der Waals surface area contributed by atoms with Crippen LogP contribution < -0.4 is 20.2 Å². The number of carbonyl (C=O) groups is 3. The number of rotatable bonds is 6. The van der Waals surface area contributed by atoms with Crippen molar-refractivity contribution < 1.29 is 34.0 Å². The lowest BCUT2D eigenvalue weighted by Crippen LogP contribution is -3.29. The summed E-state index contributed by atoms with van der Waals surface area (Å²) in [7, 11) is 3.31. The smallest absolute Gasteiger partial charge is 0.339 e. The van der Waals surface area contributed by atoms with Crippen LogP contribution in [0.15, 0.2) is 24.3 Å². The summed E-state index contributed by atoms with van der Waals surface area (Å²) in [5, 5.41) is 14.1. The minimum Gasteiger partial charge on any atom is -0.544 e. The number of aliphatic carboxylic acids is 1. The average molecular weight is 350 g/mol. The molecule has 1 atom stereocenters. The fourth-order valence-corrected chi connectivity index (χ4v) is 3.01. The molecule has 0 saturated carbocycles. The Bertz CT molecular complexity index is 641. The number of quaternary nitrogens is 2. The highest BCUT2D eigenvalue weighted by Gasteiger charge is 2.31. The Balaban J connectivity index is 2.05. The molecule has 1 aliphatic heterocycles. The summed E-state index contributed by atoms with van der Waals surface area (Å²) in [4.78, 5) is 37.8. The highest BCUT2D eigenvalue weighted by molar-refractivity contribution is 6.01. The topological polar surface area (TPSA) is 104 Å². The van der Waals surface area contributed by atoms with E-state index in [0.29, 0.717) is 18.8 Å². The fourth-order valence-electron chi connectivity index (χ4n) is 3.01. The van der Waals surface area contributed by atoms with Gasteiger partial charge >= 0.3 is 5.97 Å². The normalized spacial score (nSPS) is 21.2. The number of amides is 1. The molecule has 8 heteroatoms. The zero-order valence-electron chi connectivity index (χ0n) is 14.5. The van der Waals surface area contributed by atoms with Gasteiger partial charge in [-0.25, -0.2) is 4.79 Å². The first-order chi connectivity index (χ1) is 11.9. The van der Waals surface area contributed by atoms with E-state index in [-0.39, 0.29) is 12.0 Å². The Morgan fingerprint density at radius 3 is 2.44 bits per heavy atom. The second kappa shape index (κ2) is 8.59. The number of ether oxygens (including phenoxy) is 1. The van der Waals surface area contributed by atoms with Crippen molar-refractivity contribution in [3.8, 4) is 0 Å². The number of hydrogen-bond acceptors (Lipinski definition) is 5. The number of carboxylic acids is 1. The molecular formula is C17H24N3O5+. The maximum atomic E-state index is 12.3. The molecule has 0 spiro atoms. The first kappa shape index (κ1) is 18.9. The van der Waals surface area contributed by atoms with Gasteiger partial charge < -0.3 is 29.8 Å². The maximum Gasteiger partial charge on any atom is 0.339 e. The van der Waals surface area contributed by atoms with Gasteiger partial charge in [0.25, 0.3) is 0 Å². The van der Waals surface area contributed by atoms with Gasteiger partial charge in [0.1, 0.15) is 32.2 Å². The molecule has 1 aromatic carbocycles. The third-order valence-corrected chi connectivity index (χ3v) is 4.52. The summed E-state index contributed by atoms with van der Waals surface area (Å²) < 4.78 is 4.68. The summed E-state index contributed by atoms with van der Waals surface area (Å²) in [5.74, 6) is -2.27. The quantitative estimate of drug-likeness (QED) is 0.459. The molecule has 136 valence electrons. The molecule has 0 bridgehead atoms. The molecule has 1 fully saturated rings. The third kappa shape index (κ3) is 5.01. The number of likely N-dealkylation sites (N-methyl/N-ethyl adjacent to an activating group) is 1. The van der Waals surface area contributed by atoms with E-state index in [9.17, 15) is 19.5 Å². The van der Waals surface area contributed by atoms with Crippen LogP contribution in [0.1, 0.15) is 16.8 Å². The number of esters is 1. The number of hydrogen-bond donors (Lipinski definition) is 3. The van der Waals surface area contributed by atoms with Crippen LogP contribution in [0.3, 0.4) is 0 Å². The van der Waals surface area contributed by atoms with E-state index < -0.39 is 23.9 Å². The van der Waals surface area contributed by atoms with E-state index in [1.165, 1.54) is 18.1 Å². The fraction of sp³-hybridized carbons (Fsp3) is 0.471. The summed E-state index contributed by atoms with van der Waals surface area (Å²) in [6.07, 6.45) is -0.202. The average Bonchev–Trinajstić information content (AvgIpc) is 2.60. The van der Waals surface area contributed by atoms with E-state index in [4.69, 9.17) is 0 Å². The zero-order chi connectivity index (χ0) is 18.4. The predicted molar refractivity (Wildman–Crippen MR) is 87.1 cm³/mol. The van der Waals surface area contributed by atoms with Crippen LogP contribution >= 0.6 is 0 Å². The number of methoxy groups -OCH3 is 1. The molecule has 1 aromatic rings. The third-order valence-electron chi connectivity index (χ3n) is 4.52. The lowest BCUT2D eigenvalue weighted by atomic mass is 10.1. The van der Waals surface area contributed by atoms with Crippen molar-refractivity contribution in [2.24, 2.45) is 0 Å². The highest BCUT2D eigenvalue weighted by atomic mass is 16.5. The van der Waals surface area contributed by atoms with Crippen LogP contribution in [0, 0.1) is 0 Å². The van der Waals surface area contributed by atoms with Crippen LogP contribution in [-0.4, -0.2) is 64.2 Å². The van der Waals surface area contributed by atoms with Crippen LogP contribution in [-0.2, 0) is 14.3 Å². The van der Waals surface area contributed by atoms with Crippen LogP contribution in [0.25, 0.3) is 0 Å². The van der Waals surface area contributed by atoms with Crippen molar-refractivity contribution in [1.82, 2.24) is 0 Å². The van der Waals surface area contributed by atoms with Gasteiger partial charge in [0.15, 0.2) is 0 Å². The first-order valence-electron chi connectivity index (χ1n) is 8.26. The number of para-hydroxylation sites is 1. The summed E-state index contributed by atoms with van der Waals surface area (Å²) >= 11 is 0. The Hall–Kier alpha value is -2.45. The van der Waals surface area contributed by atoms with Crippen molar-refractivity contribution in [3.63, 3.8) is 0 Å². The van der Waals surface area contributed by atoms with Crippen molar-refractivity contribution in [3.05, 3.63) is 29.8 Å². The Morgan fingerprint density at radius 2 is 1.84 bits per heavy atom. The minimum atomic E-state index is -1.23. The number of piperazine rings is 1. The lowest BCUT2D eigenvalue weighted by Gasteiger charge is -2.33. The van der Waals surface area contributed by atoms with Gasteiger partial charge in [-0.3, -0.25) is 4.79 Å². The van der Waals surface area contributed by atoms with Crippen LogP contribution in [0.2, 0.25) is 0 Å². The monoisotopic (exact) mass is 350 g/mol. The molecule has 0 unspecified atom stereocenters. The van der Waals surface area contributed by atoms with Gasteiger partial charge in [0.05, 0.1) is 37.8 Å². The van der Waals surface area contributed by atoms with E-state index in [1.54, 1.807) is 18.2 Å². The number of carbonyl (C=O) groups excluding carboxylic acids is 3. The van der Waals surface area contributed by atoms with E-state index in [2.05, 4.69) is 17.1 Å². The molecule has 0 radical (unpaired) electrons. The summed E-state index contributed by atoms with van der Waals surface area (Å²) in [6, 6.07) is 5.53. The van der Waals surface area contributed by atoms with Gasteiger partial charge in [0.2, 0.25) is 5.91 Å². The SMILES string of the molecule is COC(=O)c1ccccc1NC(=O)C[C@H](C(=O)[O-])[NH+]1CC[NH+](C)CC1. The van der Waals surface area contributed by atoms with E-state index in [0.717, 1.165) is 18.0 Å². The number of nitrogens with one attached hydrogen (secondary N) is 3. The molecule has 1 aliphatic rings. The maximum absolute atomic E-state index is 12.3. The molecule has 1 amide bonds. The number of benzene rings is 1. The Labute approximate surface area is 146 Å². The van der Waals surface area contributed by atoms with Gasteiger partial charge in [-0.1, -0.05) is 12.1 Å². The standard InChI is InChI=1S/C17H23N3O5/c1-19-7-9-20(10-8-19)14(16(22)23)11-15(21)18-13-6-4-3-5-12(13)17(24)25-2/h3-6,14H,7-11H2,1-2H3,(H,18,21)(H,22,23)/p+1/t14-/m1/s1. The Morgan fingerprint density at radius 1 is 1.20 bits per heavy atom. The van der Waals surface area contributed by atoms with Crippen molar-refractivity contribution in [1.29, 1.82) is 0 Å². The summed E-state index contributed by atoms with van der Waals surface area (Å²) in [5.41, 5.74) is 0.521. The molecule has 8 nitrogen and oxygen atoms in total. The largest absolute Gasteiger partial charge is 0.544 e. The highest BCUT2D eigenvalue weighted by Crippen LogP contribution is 2.16. The molecular weight excluding hydrogens is 326 g/mol. The van der Waals surface area contributed by atoms with Crippen LogP contribution in [0.5, 0.6) is 0 Å². The van der Waals surface area contributed by atoms with Gasteiger partial charge in [-0.05, 0) is 12.1 Å². The van der Waals surface area contributed by atoms with Gasteiger partial charge in [-0.2, -0.15) is 0 Å². The lowest BCUT2D eigenvalue weighted by molar-refractivity contribution is -1.01. The zero-order valence-corrected chi connectivity index (χ0v) is 14.5. The molecule has 2 rings (SSSR count). The van der Waals surface area contributed by atoms with Crippen molar-refractivity contribution >= 4 is 23.5 Å². The number of anilines is 1. The van der Waals surface area contributed by atoms with Gasteiger partial charge in [-0.15, -0.1) is 0 Å². The molecule has 1 heterocycles. The molecule has 0 aromatic heterocycles.